The molecule has 1 aromatic heterocycles. The molecule has 1 heterocycles. The fourth-order valence-electron chi connectivity index (χ4n) is 2.88. The van der Waals surface area contributed by atoms with E-state index in [1.165, 1.54) is 4.57 Å². The van der Waals surface area contributed by atoms with Crippen molar-refractivity contribution >= 4 is 28.5 Å². The van der Waals surface area contributed by atoms with Crippen LogP contribution in [0.25, 0.3) is 10.9 Å². The largest absolute Gasteiger partial charge is 0.325 e. The average Bonchev–Trinajstić information content (AvgIpc) is 2.61. The first kappa shape index (κ1) is 18.3. The van der Waals surface area contributed by atoms with Gasteiger partial charge in [-0.05, 0) is 44.5 Å². The van der Waals surface area contributed by atoms with Crippen molar-refractivity contribution in [2.24, 2.45) is 0 Å². The molecule has 0 aliphatic rings. The molecule has 3 rings (SSSR count). The average molecular weight is 364 g/mol. The Kier molecular flexibility index (Phi) is 5.03. The second kappa shape index (κ2) is 7.41. The van der Waals surface area contributed by atoms with Crippen molar-refractivity contribution < 1.29 is 9.59 Å². The lowest BCUT2D eigenvalue weighted by atomic mass is 10.1. The third kappa shape index (κ3) is 4.03. The third-order valence-corrected chi connectivity index (χ3v) is 4.24. The minimum atomic E-state index is -0.647. The van der Waals surface area contributed by atoms with Crippen LogP contribution in [0, 0.1) is 20.8 Å². The van der Waals surface area contributed by atoms with E-state index in [9.17, 15) is 14.4 Å². The number of benzene rings is 2. The van der Waals surface area contributed by atoms with Gasteiger partial charge in [-0.2, -0.15) is 0 Å². The molecule has 0 fully saturated rings. The summed E-state index contributed by atoms with van der Waals surface area (Å²) in [5.41, 5.74) is 2.84. The van der Waals surface area contributed by atoms with Crippen molar-refractivity contribution in [2.75, 3.05) is 5.32 Å². The molecule has 0 saturated heterocycles. The number of nitrogens with one attached hydrogen (secondary N) is 2. The Balaban J connectivity index is 1.73. The van der Waals surface area contributed by atoms with Gasteiger partial charge in [0.15, 0.2) is 0 Å². The number of fused-ring (bicyclic) bond motifs is 1. The predicted molar refractivity (Wildman–Crippen MR) is 104 cm³/mol. The highest BCUT2D eigenvalue weighted by atomic mass is 16.2. The number of aryl methyl sites for hydroxylation is 3. The topological polar surface area (TPSA) is 93.1 Å². The van der Waals surface area contributed by atoms with Gasteiger partial charge in [0.1, 0.15) is 12.4 Å². The molecular formula is C20H20N4O3. The molecule has 0 aliphatic heterocycles. The lowest BCUT2D eigenvalue weighted by molar-refractivity contribution is -0.120. The first-order chi connectivity index (χ1) is 12.8. The van der Waals surface area contributed by atoms with Crippen LogP contribution in [0.3, 0.4) is 0 Å². The van der Waals surface area contributed by atoms with Gasteiger partial charge in [-0.25, -0.2) is 9.78 Å². The molecule has 0 bridgehead atoms. The molecule has 0 atom stereocenters. The number of rotatable bonds is 3. The molecule has 7 nitrogen and oxygen atoms in total. The van der Waals surface area contributed by atoms with E-state index in [0.717, 1.165) is 11.1 Å². The Hall–Kier alpha value is -3.48. The van der Waals surface area contributed by atoms with E-state index < -0.39 is 11.9 Å². The van der Waals surface area contributed by atoms with Gasteiger partial charge < -0.3 is 5.32 Å². The molecule has 7 heteroatoms. The van der Waals surface area contributed by atoms with Crippen LogP contribution >= 0.6 is 0 Å². The van der Waals surface area contributed by atoms with Gasteiger partial charge in [0.05, 0.1) is 10.9 Å². The number of nitrogens with zero attached hydrogens (tertiary/aromatic N) is 2. The quantitative estimate of drug-likeness (QED) is 0.747. The van der Waals surface area contributed by atoms with Crippen molar-refractivity contribution in [3.8, 4) is 0 Å². The lowest BCUT2D eigenvalue weighted by Crippen LogP contribution is -2.39. The van der Waals surface area contributed by atoms with E-state index in [2.05, 4.69) is 15.6 Å². The number of para-hydroxylation sites is 1. The Labute approximate surface area is 156 Å². The van der Waals surface area contributed by atoms with Crippen LogP contribution in [0.15, 0.2) is 47.3 Å². The second-order valence-corrected chi connectivity index (χ2v) is 6.39. The van der Waals surface area contributed by atoms with E-state index in [1.54, 1.807) is 37.3 Å². The van der Waals surface area contributed by atoms with Crippen LogP contribution in [0.5, 0.6) is 0 Å². The van der Waals surface area contributed by atoms with Gasteiger partial charge in [0.2, 0.25) is 5.91 Å². The maximum atomic E-state index is 12.6. The summed E-state index contributed by atoms with van der Waals surface area (Å²) in [6, 6.07) is 11.9. The number of hydrogen-bond donors (Lipinski definition) is 2. The highest BCUT2D eigenvalue weighted by Gasteiger charge is 2.14. The molecule has 27 heavy (non-hydrogen) atoms. The summed E-state index contributed by atoms with van der Waals surface area (Å²) < 4.78 is 1.25. The normalized spacial score (nSPS) is 10.6. The van der Waals surface area contributed by atoms with E-state index in [1.807, 2.05) is 26.0 Å². The monoisotopic (exact) mass is 364 g/mol. The number of hydrogen-bond acceptors (Lipinski definition) is 4. The van der Waals surface area contributed by atoms with E-state index in [0.29, 0.717) is 22.4 Å². The predicted octanol–water partition coefficient (Wildman–Crippen LogP) is 2.67. The molecular weight excluding hydrogens is 344 g/mol. The van der Waals surface area contributed by atoms with Crippen LogP contribution in [0.1, 0.15) is 17.0 Å². The molecule has 0 radical (unpaired) electrons. The van der Waals surface area contributed by atoms with Crippen molar-refractivity contribution in [2.45, 2.75) is 27.3 Å². The molecule has 2 aromatic carbocycles. The molecule has 0 saturated carbocycles. The summed E-state index contributed by atoms with van der Waals surface area (Å²) in [5.74, 6) is -0.191. The number of carbonyl (C=O) groups is 2. The van der Waals surface area contributed by atoms with Crippen LogP contribution in [0.2, 0.25) is 0 Å². The maximum absolute atomic E-state index is 12.6. The molecule has 138 valence electrons. The SMILES string of the molecule is Cc1ccc(NC(=O)NC(=O)Cn2c(C)nc3ccccc3c2=O)c(C)c1. The Morgan fingerprint density at radius 3 is 2.56 bits per heavy atom. The molecule has 0 unspecified atom stereocenters. The van der Waals surface area contributed by atoms with Crippen molar-refractivity contribution in [1.82, 2.24) is 14.9 Å². The first-order valence-electron chi connectivity index (χ1n) is 8.49. The summed E-state index contributed by atoms with van der Waals surface area (Å²) in [7, 11) is 0. The van der Waals surface area contributed by atoms with Crippen molar-refractivity contribution in [3.05, 3.63) is 69.8 Å². The maximum Gasteiger partial charge on any atom is 0.325 e. The number of aromatic nitrogens is 2. The second-order valence-electron chi connectivity index (χ2n) is 6.39. The van der Waals surface area contributed by atoms with Crippen LogP contribution in [0.4, 0.5) is 10.5 Å². The van der Waals surface area contributed by atoms with Gasteiger partial charge in [0.25, 0.3) is 5.56 Å². The summed E-state index contributed by atoms with van der Waals surface area (Å²) in [4.78, 5) is 41.2. The number of amides is 3. The number of urea groups is 1. The lowest BCUT2D eigenvalue weighted by Gasteiger charge is -2.12. The fourth-order valence-corrected chi connectivity index (χ4v) is 2.88. The van der Waals surface area contributed by atoms with E-state index in [-0.39, 0.29) is 12.1 Å². The highest BCUT2D eigenvalue weighted by Crippen LogP contribution is 2.15. The minimum absolute atomic E-state index is 0.289. The standard InChI is InChI=1S/C20H20N4O3/c1-12-8-9-16(13(2)10-12)22-20(27)23-18(25)11-24-14(3)21-17-7-5-4-6-15(17)19(24)26/h4-10H,11H2,1-3H3,(H2,22,23,25,27). The summed E-state index contributed by atoms with van der Waals surface area (Å²) in [5, 5.41) is 5.31. The van der Waals surface area contributed by atoms with E-state index in [4.69, 9.17) is 0 Å². The molecule has 0 spiro atoms. The zero-order chi connectivity index (χ0) is 19.6. The van der Waals surface area contributed by atoms with Gasteiger partial charge >= 0.3 is 6.03 Å². The van der Waals surface area contributed by atoms with Gasteiger partial charge in [-0.1, -0.05) is 29.8 Å². The van der Waals surface area contributed by atoms with Crippen LogP contribution in [-0.2, 0) is 11.3 Å². The third-order valence-electron chi connectivity index (χ3n) is 4.24. The van der Waals surface area contributed by atoms with Gasteiger partial charge in [-0.15, -0.1) is 0 Å². The zero-order valence-electron chi connectivity index (χ0n) is 15.4. The molecule has 3 aromatic rings. The van der Waals surface area contributed by atoms with Crippen LogP contribution < -0.4 is 16.2 Å². The molecule has 3 amide bonds. The Morgan fingerprint density at radius 2 is 1.81 bits per heavy atom. The van der Waals surface area contributed by atoms with Gasteiger partial charge in [0, 0.05) is 5.69 Å². The zero-order valence-corrected chi connectivity index (χ0v) is 15.4. The van der Waals surface area contributed by atoms with E-state index >= 15 is 0 Å². The van der Waals surface area contributed by atoms with Crippen LogP contribution in [-0.4, -0.2) is 21.5 Å². The number of imide groups is 1. The smallest absolute Gasteiger partial charge is 0.307 e. The Morgan fingerprint density at radius 1 is 1.07 bits per heavy atom. The fraction of sp³-hybridized carbons (Fsp3) is 0.200. The minimum Gasteiger partial charge on any atom is -0.307 e. The summed E-state index contributed by atoms with van der Waals surface area (Å²) in [6.45, 7) is 5.19. The van der Waals surface area contributed by atoms with Gasteiger partial charge in [-0.3, -0.25) is 19.5 Å². The number of carbonyl (C=O) groups excluding carboxylic acids is 2. The van der Waals surface area contributed by atoms with Crippen molar-refractivity contribution in [1.29, 1.82) is 0 Å². The summed E-state index contributed by atoms with van der Waals surface area (Å²) >= 11 is 0. The summed E-state index contributed by atoms with van der Waals surface area (Å²) in [6.07, 6.45) is 0. The van der Waals surface area contributed by atoms with Crippen molar-refractivity contribution in [3.63, 3.8) is 0 Å². The first-order valence-corrected chi connectivity index (χ1v) is 8.49. The molecule has 2 N–H and O–H groups in total. The number of anilines is 1. The Bertz CT molecular complexity index is 1100. The highest BCUT2D eigenvalue weighted by molar-refractivity contribution is 6.01. The molecule has 0 aliphatic carbocycles.